The number of alkyl halides is 6. The predicted molar refractivity (Wildman–Crippen MR) is 89.3 cm³/mol. The molecule has 0 bridgehead atoms. The Labute approximate surface area is 160 Å². The summed E-state index contributed by atoms with van der Waals surface area (Å²) in [4.78, 5) is 24.1. The van der Waals surface area contributed by atoms with Gasteiger partial charge in [-0.2, -0.15) is 26.3 Å². The standard InChI is InChI=1S/C18H28F6O4/c1-7-9-10-11-12(25)27-16(17(19,20)21,18(22,23)24)15(5,6)28-13(26)14(3,4)8-2/h7-11H2,1-6H3. The van der Waals surface area contributed by atoms with Gasteiger partial charge < -0.3 is 9.47 Å². The number of ether oxygens (including phenoxy) is 2. The van der Waals surface area contributed by atoms with E-state index in [0.29, 0.717) is 26.7 Å². The summed E-state index contributed by atoms with van der Waals surface area (Å²) in [6.07, 6.45) is -11.5. The van der Waals surface area contributed by atoms with Gasteiger partial charge in [0.05, 0.1) is 5.41 Å². The second kappa shape index (κ2) is 8.90. The van der Waals surface area contributed by atoms with Gasteiger partial charge in [0.2, 0.25) is 0 Å². The number of rotatable bonds is 9. The van der Waals surface area contributed by atoms with Crippen LogP contribution in [-0.4, -0.2) is 35.5 Å². The van der Waals surface area contributed by atoms with Crippen LogP contribution in [0.3, 0.4) is 0 Å². The maximum Gasteiger partial charge on any atom is 0.441 e. The third kappa shape index (κ3) is 5.53. The molecular weight excluding hydrogens is 394 g/mol. The highest BCUT2D eigenvalue weighted by molar-refractivity contribution is 5.76. The van der Waals surface area contributed by atoms with Crippen LogP contribution in [0.15, 0.2) is 0 Å². The van der Waals surface area contributed by atoms with Crippen LogP contribution in [0.4, 0.5) is 26.3 Å². The number of hydrogen-bond acceptors (Lipinski definition) is 4. The first kappa shape index (κ1) is 26.5. The molecule has 28 heavy (non-hydrogen) atoms. The molecule has 0 N–H and O–H groups in total. The highest BCUT2D eigenvalue weighted by Crippen LogP contribution is 2.54. The van der Waals surface area contributed by atoms with Gasteiger partial charge in [-0.1, -0.05) is 26.7 Å². The Morgan fingerprint density at radius 1 is 0.786 bits per heavy atom. The number of esters is 2. The average molecular weight is 422 g/mol. The number of hydrogen-bond donors (Lipinski definition) is 0. The average Bonchev–Trinajstić information content (AvgIpc) is 2.49. The van der Waals surface area contributed by atoms with Crippen molar-refractivity contribution >= 4 is 11.9 Å². The monoisotopic (exact) mass is 422 g/mol. The smallest absolute Gasteiger partial charge is 0.441 e. The Bertz CT molecular complexity index is 535. The van der Waals surface area contributed by atoms with Gasteiger partial charge >= 0.3 is 29.9 Å². The SMILES string of the molecule is CCCCCC(=O)OC(C(F)(F)F)(C(F)(F)F)C(C)(C)OC(=O)C(C)(C)CC. The van der Waals surface area contributed by atoms with Gasteiger partial charge in [0, 0.05) is 6.42 Å². The first-order valence-corrected chi connectivity index (χ1v) is 8.98. The molecule has 4 nitrogen and oxygen atoms in total. The quantitative estimate of drug-likeness (QED) is 0.270. The number of carbonyl (C=O) groups is 2. The van der Waals surface area contributed by atoms with Gasteiger partial charge in [0.1, 0.15) is 0 Å². The van der Waals surface area contributed by atoms with Crippen molar-refractivity contribution < 1.29 is 45.4 Å². The largest absolute Gasteiger partial charge is 0.454 e. The zero-order valence-corrected chi connectivity index (χ0v) is 16.9. The Morgan fingerprint density at radius 2 is 1.25 bits per heavy atom. The minimum Gasteiger partial charge on any atom is -0.454 e. The highest BCUT2D eigenvalue weighted by Gasteiger charge is 2.82. The molecule has 0 atom stereocenters. The first-order chi connectivity index (χ1) is 12.4. The van der Waals surface area contributed by atoms with Gasteiger partial charge in [-0.3, -0.25) is 9.59 Å². The summed E-state index contributed by atoms with van der Waals surface area (Å²) in [5.74, 6) is -2.93. The summed E-state index contributed by atoms with van der Waals surface area (Å²) < 4.78 is 91.3. The topological polar surface area (TPSA) is 52.6 Å². The fourth-order valence-corrected chi connectivity index (χ4v) is 2.41. The van der Waals surface area contributed by atoms with Crippen LogP contribution in [0.2, 0.25) is 0 Å². The lowest BCUT2D eigenvalue weighted by molar-refractivity contribution is -0.408. The van der Waals surface area contributed by atoms with E-state index in [1.807, 2.05) is 0 Å². The fraction of sp³-hybridized carbons (Fsp3) is 0.889. The Morgan fingerprint density at radius 3 is 1.61 bits per heavy atom. The summed E-state index contributed by atoms with van der Waals surface area (Å²) >= 11 is 0. The number of unbranched alkanes of at least 4 members (excludes halogenated alkanes) is 2. The van der Waals surface area contributed by atoms with Crippen molar-refractivity contribution in [3.05, 3.63) is 0 Å². The molecule has 0 aromatic carbocycles. The van der Waals surface area contributed by atoms with Gasteiger partial charge in [0.25, 0.3) is 0 Å². The lowest BCUT2D eigenvalue weighted by atomic mass is 9.82. The third-order valence-electron chi connectivity index (χ3n) is 4.68. The van der Waals surface area contributed by atoms with Crippen molar-refractivity contribution in [2.24, 2.45) is 5.41 Å². The summed E-state index contributed by atoms with van der Waals surface area (Å²) in [5.41, 5.74) is -9.59. The molecule has 0 spiro atoms. The molecule has 0 saturated heterocycles. The van der Waals surface area contributed by atoms with Crippen molar-refractivity contribution in [3.8, 4) is 0 Å². The second-order valence-electron chi connectivity index (χ2n) is 7.75. The molecule has 0 aliphatic heterocycles. The van der Waals surface area contributed by atoms with Crippen molar-refractivity contribution in [3.63, 3.8) is 0 Å². The molecular formula is C18H28F6O4. The molecule has 0 aliphatic carbocycles. The summed E-state index contributed by atoms with van der Waals surface area (Å²) in [6.45, 7) is 6.81. The van der Waals surface area contributed by atoms with E-state index in [-0.39, 0.29) is 12.8 Å². The minimum absolute atomic E-state index is 0.0736. The van der Waals surface area contributed by atoms with Gasteiger partial charge in [-0.15, -0.1) is 0 Å². The molecule has 0 fully saturated rings. The van der Waals surface area contributed by atoms with E-state index in [2.05, 4.69) is 9.47 Å². The molecule has 0 aromatic rings. The van der Waals surface area contributed by atoms with Gasteiger partial charge in [-0.25, -0.2) is 0 Å². The molecule has 0 radical (unpaired) electrons. The van der Waals surface area contributed by atoms with Crippen molar-refractivity contribution in [2.45, 2.75) is 97.2 Å². The zero-order valence-electron chi connectivity index (χ0n) is 16.9. The molecule has 166 valence electrons. The van der Waals surface area contributed by atoms with E-state index < -0.39 is 47.3 Å². The third-order valence-corrected chi connectivity index (χ3v) is 4.68. The number of carbonyl (C=O) groups excluding carboxylic acids is 2. The van der Waals surface area contributed by atoms with Crippen LogP contribution < -0.4 is 0 Å². The second-order valence-corrected chi connectivity index (χ2v) is 7.75. The predicted octanol–water partition coefficient (Wildman–Crippen LogP) is 5.73. The van der Waals surface area contributed by atoms with Crippen molar-refractivity contribution in [2.75, 3.05) is 0 Å². The summed E-state index contributed by atoms with van der Waals surface area (Å²) in [5, 5.41) is 0. The van der Waals surface area contributed by atoms with E-state index in [4.69, 9.17) is 0 Å². The van der Waals surface area contributed by atoms with E-state index in [1.54, 1.807) is 6.92 Å². The van der Waals surface area contributed by atoms with Crippen LogP contribution in [0.5, 0.6) is 0 Å². The normalized spacial score (nSPS) is 14.0. The fourth-order valence-electron chi connectivity index (χ4n) is 2.41. The highest BCUT2D eigenvalue weighted by atomic mass is 19.4. The van der Waals surface area contributed by atoms with E-state index in [1.165, 1.54) is 20.8 Å². The molecule has 0 rings (SSSR count). The van der Waals surface area contributed by atoms with Gasteiger partial charge in [-0.05, 0) is 40.5 Å². The summed E-state index contributed by atoms with van der Waals surface area (Å²) in [7, 11) is 0. The lowest BCUT2D eigenvalue weighted by Gasteiger charge is -2.46. The van der Waals surface area contributed by atoms with Crippen LogP contribution in [0.1, 0.15) is 73.6 Å². The molecule has 0 amide bonds. The summed E-state index contributed by atoms with van der Waals surface area (Å²) in [6, 6.07) is 0. The molecule has 10 heteroatoms. The Kier molecular flexibility index (Phi) is 8.43. The minimum atomic E-state index is -6.08. The maximum atomic E-state index is 13.8. The zero-order chi connectivity index (χ0) is 22.6. The Balaban J connectivity index is 6.21. The molecule has 0 aliphatic rings. The van der Waals surface area contributed by atoms with Crippen molar-refractivity contribution in [1.82, 2.24) is 0 Å². The maximum absolute atomic E-state index is 13.8. The van der Waals surface area contributed by atoms with E-state index >= 15 is 0 Å². The molecule has 0 unspecified atom stereocenters. The number of halogens is 6. The van der Waals surface area contributed by atoms with Crippen LogP contribution in [-0.2, 0) is 19.1 Å². The van der Waals surface area contributed by atoms with Crippen LogP contribution >= 0.6 is 0 Å². The van der Waals surface area contributed by atoms with Crippen LogP contribution in [0, 0.1) is 5.41 Å². The Hall–Kier alpha value is -1.48. The van der Waals surface area contributed by atoms with E-state index in [9.17, 15) is 35.9 Å². The molecule has 0 aromatic heterocycles. The lowest BCUT2D eigenvalue weighted by Crippen LogP contribution is -2.72. The molecule has 0 saturated carbocycles. The van der Waals surface area contributed by atoms with Gasteiger partial charge in [0.15, 0.2) is 5.60 Å². The van der Waals surface area contributed by atoms with Crippen LogP contribution in [0.25, 0.3) is 0 Å². The van der Waals surface area contributed by atoms with Crippen molar-refractivity contribution in [1.29, 1.82) is 0 Å². The van der Waals surface area contributed by atoms with E-state index in [0.717, 1.165) is 0 Å². The first-order valence-electron chi connectivity index (χ1n) is 8.98. The molecule has 0 heterocycles.